The molecule has 1 aromatic rings. The molecule has 0 saturated heterocycles. The molecule has 1 N–H and O–H groups in total. The molecule has 0 atom stereocenters. The Morgan fingerprint density at radius 2 is 2.21 bits per heavy atom. The third-order valence-electron chi connectivity index (χ3n) is 2.12. The van der Waals surface area contributed by atoms with E-state index in [1.807, 2.05) is 0 Å². The minimum Gasteiger partial charge on any atom is -0.382 e. The highest BCUT2D eigenvalue weighted by Gasteiger charge is 2.19. The molecule has 0 spiro atoms. The standard InChI is InChI=1S/C11H13FN2O5/c1-18-5-6-19-7-10(15)13-11-8(12)3-2-4-9(11)14(16)17/h2-4H,5-7H2,1H3,(H,13,15). The largest absolute Gasteiger partial charge is 0.382 e. The number of ether oxygens (including phenoxy) is 2. The average molecular weight is 272 g/mol. The lowest BCUT2D eigenvalue weighted by atomic mass is 10.2. The molecule has 1 aromatic carbocycles. The first-order valence-electron chi connectivity index (χ1n) is 5.35. The van der Waals surface area contributed by atoms with E-state index in [0.29, 0.717) is 6.61 Å². The molecule has 0 saturated carbocycles. The van der Waals surface area contributed by atoms with Crippen LogP contribution < -0.4 is 5.32 Å². The van der Waals surface area contributed by atoms with Crippen LogP contribution >= 0.6 is 0 Å². The number of benzene rings is 1. The summed E-state index contributed by atoms with van der Waals surface area (Å²) in [4.78, 5) is 21.4. The number of halogens is 1. The van der Waals surface area contributed by atoms with Crippen molar-refractivity contribution >= 4 is 17.3 Å². The van der Waals surface area contributed by atoms with E-state index in [1.54, 1.807) is 0 Å². The van der Waals surface area contributed by atoms with Crippen LogP contribution in [-0.2, 0) is 14.3 Å². The summed E-state index contributed by atoms with van der Waals surface area (Å²) in [5.74, 6) is -1.55. The number of rotatable bonds is 7. The molecule has 0 bridgehead atoms. The summed E-state index contributed by atoms with van der Waals surface area (Å²) in [5, 5.41) is 12.8. The highest BCUT2D eigenvalue weighted by atomic mass is 19.1. The van der Waals surface area contributed by atoms with E-state index < -0.39 is 28.0 Å². The topological polar surface area (TPSA) is 90.7 Å². The highest BCUT2D eigenvalue weighted by Crippen LogP contribution is 2.26. The van der Waals surface area contributed by atoms with Gasteiger partial charge in [0, 0.05) is 13.2 Å². The van der Waals surface area contributed by atoms with Crippen molar-refractivity contribution in [2.24, 2.45) is 0 Å². The number of carbonyl (C=O) groups is 1. The number of nitrogens with one attached hydrogen (secondary N) is 1. The zero-order valence-corrected chi connectivity index (χ0v) is 10.2. The van der Waals surface area contributed by atoms with Crippen molar-refractivity contribution in [1.29, 1.82) is 0 Å². The number of nitrogens with zero attached hydrogens (tertiary/aromatic N) is 1. The minimum absolute atomic E-state index is 0.198. The van der Waals surface area contributed by atoms with E-state index in [2.05, 4.69) is 5.32 Å². The lowest BCUT2D eigenvalue weighted by molar-refractivity contribution is -0.384. The maximum absolute atomic E-state index is 13.4. The molecule has 1 rings (SSSR count). The van der Waals surface area contributed by atoms with Crippen molar-refractivity contribution in [2.45, 2.75) is 0 Å². The summed E-state index contributed by atoms with van der Waals surface area (Å²) in [6.45, 7) is 0.172. The van der Waals surface area contributed by atoms with E-state index in [9.17, 15) is 19.3 Å². The molecule has 0 heterocycles. The van der Waals surface area contributed by atoms with Crippen molar-refractivity contribution in [3.05, 3.63) is 34.1 Å². The maximum Gasteiger partial charge on any atom is 0.295 e. The normalized spacial score (nSPS) is 10.2. The lowest BCUT2D eigenvalue weighted by Crippen LogP contribution is -2.21. The van der Waals surface area contributed by atoms with E-state index in [1.165, 1.54) is 13.2 Å². The summed E-state index contributed by atoms with van der Waals surface area (Å²) < 4.78 is 23.1. The van der Waals surface area contributed by atoms with Crippen LogP contribution in [0.1, 0.15) is 0 Å². The van der Waals surface area contributed by atoms with Crippen LogP contribution in [0.5, 0.6) is 0 Å². The fourth-order valence-electron chi connectivity index (χ4n) is 1.27. The van der Waals surface area contributed by atoms with Gasteiger partial charge in [-0.15, -0.1) is 0 Å². The van der Waals surface area contributed by atoms with E-state index >= 15 is 0 Å². The van der Waals surface area contributed by atoms with Crippen LogP contribution in [-0.4, -0.2) is 37.8 Å². The number of nitro benzene ring substituents is 1. The first-order valence-corrected chi connectivity index (χ1v) is 5.35. The summed E-state index contributed by atoms with van der Waals surface area (Å²) in [6, 6.07) is 3.32. The molecule has 0 aliphatic rings. The number of amides is 1. The van der Waals surface area contributed by atoms with Gasteiger partial charge in [-0.3, -0.25) is 14.9 Å². The number of carbonyl (C=O) groups excluding carboxylic acids is 1. The molecule has 1 amide bonds. The van der Waals surface area contributed by atoms with Gasteiger partial charge >= 0.3 is 0 Å². The molecule has 0 aromatic heterocycles. The summed E-state index contributed by atoms with van der Waals surface area (Å²) >= 11 is 0. The predicted octanol–water partition coefficient (Wildman–Crippen LogP) is 1.34. The van der Waals surface area contributed by atoms with Gasteiger partial charge in [0.2, 0.25) is 0 Å². The Labute approximate surface area is 108 Å². The molecular formula is C11H13FN2O5. The minimum atomic E-state index is -0.876. The quantitative estimate of drug-likeness (QED) is 0.459. The molecule has 104 valence electrons. The Kier molecular flexibility index (Phi) is 5.83. The Morgan fingerprint density at radius 1 is 1.47 bits per heavy atom. The predicted molar refractivity (Wildman–Crippen MR) is 64.4 cm³/mol. The van der Waals surface area contributed by atoms with Gasteiger partial charge in [-0.1, -0.05) is 6.07 Å². The summed E-state index contributed by atoms with van der Waals surface area (Å²) in [5.41, 5.74) is -0.974. The lowest BCUT2D eigenvalue weighted by Gasteiger charge is -2.07. The van der Waals surface area contributed by atoms with Gasteiger partial charge in [-0.25, -0.2) is 4.39 Å². The zero-order chi connectivity index (χ0) is 14.3. The molecule has 0 fully saturated rings. The second-order valence-corrected chi connectivity index (χ2v) is 3.48. The second kappa shape index (κ2) is 7.39. The van der Waals surface area contributed by atoms with Crippen LogP contribution in [0.2, 0.25) is 0 Å². The molecule has 0 aliphatic heterocycles. The number of para-hydroxylation sites is 1. The molecule has 0 aliphatic carbocycles. The van der Waals surface area contributed by atoms with Crippen molar-refractivity contribution in [2.75, 3.05) is 32.2 Å². The van der Waals surface area contributed by atoms with Crippen molar-refractivity contribution < 1.29 is 23.6 Å². The first-order chi connectivity index (χ1) is 9.06. The summed E-state index contributed by atoms with van der Waals surface area (Å²) in [7, 11) is 1.48. The number of methoxy groups -OCH3 is 1. The van der Waals surface area contributed by atoms with Crippen LogP contribution in [0.25, 0.3) is 0 Å². The SMILES string of the molecule is COCCOCC(=O)Nc1c(F)cccc1[N+](=O)[O-]. The van der Waals surface area contributed by atoms with Crippen molar-refractivity contribution in [3.8, 4) is 0 Å². The Bertz CT molecular complexity index is 466. The van der Waals surface area contributed by atoms with Gasteiger partial charge in [-0.05, 0) is 6.07 Å². The average Bonchev–Trinajstić information content (AvgIpc) is 2.37. The van der Waals surface area contributed by atoms with Gasteiger partial charge < -0.3 is 14.8 Å². The number of nitro groups is 1. The zero-order valence-electron chi connectivity index (χ0n) is 10.2. The van der Waals surface area contributed by atoms with Crippen molar-refractivity contribution in [1.82, 2.24) is 0 Å². The second-order valence-electron chi connectivity index (χ2n) is 3.48. The van der Waals surface area contributed by atoms with E-state index in [-0.39, 0.29) is 13.2 Å². The molecular weight excluding hydrogens is 259 g/mol. The van der Waals surface area contributed by atoms with Crippen LogP contribution in [0, 0.1) is 15.9 Å². The fraction of sp³-hybridized carbons (Fsp3) is 0.364. The number of hydrogen-bond donors (Lipinski definition) is 1. The third kappa shape index (κ3) is 4.60. The molecule has 0 radical (unpaired) electrons. The van der Waals surface area contributed by atoms with Gasteiger partial charge in [0.1, 0.15) is 6.61 Å². The van der Waals surface area contributed by atoms with E-state index in [4.69, 9.17) is 9.47 Å². The van der Waals surface area contributed by atoms with Gasteiger partial charge in [-0.2, -0.15) is 0 Å². The van der Waals surface area contributed by atoms with Gasteiger partial charge in [0.05, 0.1) is 18.1 Å². The van der Waals surface area contributed by atoms with Gasteiger partial charge in [0.25, 0.3) is 11.6 Å². The Hall–Kier alpha value is -2.06. The monoisotopic (exact) mass is 272 g/mol. The van der Waals surface area contributed by atoms with Crippen LogP contribution in [0.15, 0.2) is 18.2 Å². The molecule has 7 nitrogen and oxygen atoms in total. The number of hydrogen-bond acceptors (Lipinski definition) is 5. The fourth-order valence-corrected chi connectivity index (χ4v) is 1.27. The van der Waals surface area contributed by atoms with Crippen LogP contribution in [0.3, 0.4) is 0 Å². The molecule has 8 heteroatoms. The van der Waals surface area contributed by atoms with Gasteiger partial charge in [0.15, 0.2) is 11.5 Å². The molecule has 0 unspecified atom stereocenters. The third-order valence-corrected chi connectivity index (χ3v) is 2.12. The van der Waals surface area contributed by atoms with Crippen molar-refractivity contribution in [3.63, 3.8) is 0 Å². The van der Waals surface area contributed by atoms with E-state index in [0.717, 1.165) is 12.1 Å². The number of anilines is 1. The summed E-state index contributed by atoms with van der Waals surface area (Å²) in [6.07, 6.45) is 0. The highest BCUT2D eigenvalue weighted by molar-refractivity contribution is 5.94. The van der Waals surface area contributed by atoms with Crippen LogP contribution in [0.4, 0.5) is 15.8 Å². The maximum atomic E-state index is 13.4. The Balaban J connectivity index is 2.66. The Morgan fingerprint density at radius 3 is 2.84 bits per heavy atom. The molecule has 19 heavy (non-hydrogen) atoms. The smallest absolute Gasteiger partial charge is 0.295 e. The first kappa shape index (κ1) is 15.0.